The first-order valence-corrected chi connectivity index (χ1v) is 4.60. The first-order valence-electron chi connectivity index (χ1n) is 4.60. The van der Waals surface area contributed by atoms with Crippen molar-refractivity contribution in [2.45, 2.75) is 12.2 Å². The summed E-state index contributed by atoms with van der Waals surface area (Å²) in [6, 6.07) is 0. The molecule has 1 saturated heterocycles. The number of aliphatic hydroxyl groups excluding tert-OH is 2. The molecule has 82 valence electrons. The Bertz CT molecular complexity index is 338. The van der Waals surface area contributed by atoms with Crippen LogP contribution in [0.2, 0.25) is 0 Å². The Morgan fingerprint density at radius 1 is 1.33 bits per heavy atom. The van der Waals surface area contributed by atoms with Gasteiger partial charge in [-0.25, -0.2) is 10.8 Å². The van der Waals surface area contributed by atoms with E-state index in [1.165, 1.54) is 6.20 Å². The van der Waals surface area contributed by atoms with Gasteiger partial charge in [0.25, 0.3) is 0 Å². The molecule has 15 heavy (non-hydrogen) atoms. The van der Waals surface area contributed by atoms with Gasteiger partial charge in [0.1, 0.15) is 5.82 Å². The third-order valence-electron chi connectivity index (χ3n) is 2.35. The van der Waals surface area contributed by atoms with Crippen molar-refractivity contribution in [3.05, 3.63) is 12.4 Å². The monoisotopic (exact) mass is 211 g/mol. The molecule has 0 amide bonds. The van der Waals surface area contributed by atoms with Crippen molar-refractivity contribution in [3.63, 3.8) is 0 Å². The molecule has 7 heteroatoms. The second-order valence-electron chi connectivity index (χ2n) is 3.45. The van der Waals surface area contributed by atoms with Crippen LogP contribution in [0.1, 0.15) is 0 Å². The van der Waals surface area contributed by atoms with Crippen molar-refractivity contribution < 1.29 is 10.2 Å². The predicted molar refractivity (Wildman–Crippen MR) is 54.1 cm³/mol. The average Bonchev–Trinajstić information content (AvgIpc) is 2.59. The number of β-amino-alcohol motifs (C(OH)–C–C–N with tert-alkyl or cyclic N) is 2. The molecular weight excluding hydrogens is 198 g/mol. The summed E-state index contributed by atoms with van der Waals surface area (Å²) >= 11 is 0. The first kappa shape index (κ1) is 10.1. The highest BCUT2D eigenvalue weighted by Crippen LogP contribution is 2.18. The lowest BCUT2D eigenvalue weighted by Gasteiger charge is -2.16. The molecule has 0 aromatic carbocycles. The van der Waals surface area contributed by atoms with Crippen molar-refractivity contribution >= 4 is 11.6 Å². The van der Waals surface area contributed by atoms with Crippen molar-refractivity contribution in [2.75, 3.05) is 23.4 Å². The molecule has 0 saturated carbocycles. The summed E-state index contributed by atoms with van der Waals surface area (Å²) < 4.78 is 0. The molecule has 1 aliphatic heterocycles. The third kappa shape index (κ3) is 1.99. The molecule has 7 nitrogen and oxygen atoms in total. The zero-order chi connectivity index (χ0) is 10.8. The minimum absolute atomic E-state index is 0.351. The van der Waals surface area contributed by atoms with Crippen molar-refractivity contribution in [1.29, 1.82) is 0 Å². The van der Waals surface area contributed by atoms with E-state index >= 15 is 0 Å². The summed E-state index contributed by atoms with van der Waals surface area (Å²) in [5.41, 5.74) is 2.39. The molecule has 2 atom stereocenters. The summed E-state index contributed by atoms with van der Waals surface area (Å²) in [5.74, 6) is 6.23. The van der Waals surface area contributed by atoms with Gasteiger partial charge in [-0.1, -0.05) is 0 Å². The molecule has 5 N–H and O–H groups in total. The maximum absolute atomic E-state index is 9.38. The molecule has 0 aliphatic carbocycles. The largest absolute Gasteiger partial charge is 0.389 e. The van der Waals surface area contributed by atoms with Crippen LogP contribution < -0.4 is 16.2 Å². The quantitative estimate of drug-likeness (QED) is 0.341. The van der Waals surface area contributed by atoms with Crippen LogP contribution in [0.3, 0.4) is 0 Å². The lowest BCUT2D eigenvalue weighted by molar-refractivity contribution is 0.0572. The van der Waals surface area contributed by atoms with Gasteiger partial charge in [-0.15, -0.1) is 0 Å². The number of rotatable bonds is 2. The molecule has 0 bridgehead atoms. The fraction of sp³-hybridized carbons (Fsp3) is 0.500. The van der Waals surface area contributed by atoms with Gasteiger partial charge >= 0.3 is 0 Å². The number of hydrogen-bond acceptors (Lipinski definition) is 7. The summed E-state index contributed by atoms with van der Waals surface area (Å²) in [7, 11) is 0. The van der Waals surface area contributed by atoms with Crippen LogP contribution in [0.5, 0.6) is 0 Å². The fourth-order valence-electron chi connectivity index (χ4n) is 1.53. The van der Waals surface area contributed by atoms with Crippen LogP contribution in [0, 0.1) is 0 Å². The minimum atomic E-state index is -0.735. The van der Waals surface area contributed by atoms with E-state index in [1.807, 2.05) is 0 Å². The molecule has 2 rings (SSSR count). The maximum atomic E-state index is 9.38. The predicted octanol–water partition coefficient (Wildman–Crippen LogP) is -1.70. The van der Waals surface area contributed by atoms with E-state index in [9.17, 15) is 10.2 Å². The maximum Gasteiger partial charge on any atom is 0.160 e. The van der Waals surface area contributed by atoms with E-state index in [-0.39, 0.29) is 0 Å². The minimum Gasteiger partial charge on any atom is -0.389 e. The molecule has 1 fully saturated rings. The number of nitrogens with two attached hydrogens (primary N) is 1. The van der Waals surface area contributed by atoms with E-state index < -0.39 is 12.2 Å². The summed E-state index contributed by atoms with van der Waals surface area (Å²) in [6.07, 6.45) is 1.58. The van der Waals surface area contributed by atoms with Crippen molar-refractivity contribution in [1.82, 2.24) is 9.97 Å². The highest BCUT2D eigenvalue weighted by atomic mass is 16.3. The first-order chi connectivity index (χ1) is 7.20. The normalized spacial score (nSPS) is 25.7. The second kappa shape index (κ2) is 3.97. The summed E-state index contributed by atoms with van der Waals surface area (Å²) in [4.78, 5) is 9.84. The van der Waals surface area contributed by atoms with Crippen LogP contribution in [-0.4, -0.2) is 45.5 Å². The van der Waals surface area contributed by atoms with E-state index in [0.29, 0.717) is 24.7 Å². The van der Waals surface area contributed by atoms with Crippen molar-refractivity contribution in [3.8, 4) is 0 Å². The SMILES string of the molecule is NNc1cncc(N2CC(O)C(O)C2)n1. The summed E-state index contributed by atoms with van der Waals surface area (Å²) in [5, 5.41) is 18.8. The number of nitrogen functional groups attached to an aromatic ring is 1. The van der Waals surface area contributed by atoms with Crippen LogP contribution >= 0.6 is 0 Å². The Kier molecular flexibility index (Phi) is 2.67. The smallest absolute Gasteiger partial charge is 0.160 e. The number of aliphatic hydroxyl groups is 2. The van der Waals surface area contributed by atoms with E-state index in [1.54, 1.807) is 11.1 Å². The molecule has 1 aliphatic rings. The van der Waals surface area contributed by atoms with Gasteiger partial charge in [0, 0.05) is 13.1 Å². The van der Waals surface area contributed by atoms with Crippen LogP contribution in [0.25, 0.3) is 0 Å². The lowest BCUT2D eigenvalue weighted by Crippen LogP contribution is -2.23. The second-order valence-corrected chi connectivity index (χ2v) is 3.45. The lowest BCUT2D eigenvalue weighted by atomic mass is 10.3. The van der Waals surface area contributed by atoms with Gasteiger partial charge in [0.2, 0.25) is 0 Å². The van der Waals surface area contributed by atoms with E-state index in [4.69, 9.17) is 5.84 Å². The van der Waals surface area contributed by atoms with Gasteiger partial charge in [-0.3, -0.25) is 4.98 Å². The molecule has 1 aromatic heterocycles. The van der Waals surface area contributed by atoms with Crippen LogP contribution in [-0.2, 0) is 0 Å². The van der Waals surface area contributed by atoms with Crippen LogP contribution in [0.4, 0.5) is 11.6 Å². The van der Waals surface area contributed by atoms with Gasteiger partial charge in [-0.05, 0) is 0 Å². The molecule has 0 radical (unpaired) electrons. The van der Waals surface area contributed by atoms with Crippen LogP contribution in [0.15, 0.2) is 12.4 Å². The van der Waals surface area contributed by atoms with Gasteiger partial charge in [0.05, 0.1) is 24.6 Å². The molecule has 0 spiro atoms. The fourth-order valence-corrected chi connectivity index (χ4v) is 1.53. The number of hydrazine groups is 1. The summed E-state index contributed by atoms with van der Waals surface area (Å²) in [6.45, 7) is 0.702. The number of anilines is 2. The third-order valence-corrected chi connectivity index (χ3v) is 2.35. The van der Waals surface area contributed by atoms with E-state index in [2.05, 4.69) is 15.4 Å². The topological polar surface area (TPSA) is 108 Å². The number of hydrogen-bond donors (Lipinski definition) is 4. The molecular formula is C8H13N5O2. The highest BCUT2D eigenvalue weighted by Gasteiger charge is 2.30. The molecule has 2 unspecified atom stereocenters. The molecule has 1 aromatic rings. The number of nitrogens with zero attached hydrogens (tertiary/aromatic N) is 3. The van der Waals surface area contributed by atoms with Gasteiger partial charge < -0.3 is 20.5 Å². The Morgan fingerprint density at radius 3 is 2.60 bits per heavy atom. The van der Waals surface area contributed by atoms with Crippen molar-refractivity contribution in [2.24, 2.45) is 5.84 Å². The van der Waals surface area contributed by atoms with Gasteiger partial charge in [0.15, 0.2) is 5.82 Å². The Morgan fingerprint density at radius 2 is 2.00 bits per heavy atom. The van der Waals surface area contributed by atoms with E-state index in [0.717, 1.165) is 0 Å². The Hall–Kier alpha value is -1.44. The highest BCUT2D eigenvalue weighted by molar-refractivity contribution is 5.44. The number of nitrogens with one attached hydrogen (secondary N) is 1. The standard InChI is InChI=1S/C8H13N5O2/c9-12-7-1-10-2-8(11-7)13-3-5(14)6(15)4-13/h1-2,5-6,14-15H,3-4,9H2,(H,11,12). The molecule has 2 heterocycles. The zero-order valence-electron chi connectivity index (χ0n) is 8.04. The zero-order valence-corrected chi connectivity index (χ0v) is 8.04. The average molecular weight is 211 g/mol. The Balaban J connectivity index is 2.16. The number of aromatic nitrogens is 2. The Labute approximate surface area is 86.5 Å². The van der Waals surface area contributed by atoms with Gasteiger partial charge in [-0.2, -0.15) is 0 Å².